The van der Waals surface area contributed by atoms with Crippen LogP contribution >= 0.6 is 11.8 Å². The Labute approximate surface area is 169 Å². The maximum atomic E-state index is 12.4. The molecular formula is C18H25N5O3S2. The van der Waals surface area contributed by atoms with Gasteiger partial charge in [-0.3, -0.25) is 9.52 Å². The summed E-state index contributed by atoms with van der Waals surface area (Å²) in [5, 5.41) is 9.09. The Balaban J connectivity index is 1.64. The molecular weight excluding hydrogens is 398 g/mol. The molecule has 0 unspecified atom stereocenters. The summed E-state index contributed by atoms with van der Waals surface area (Å²) in [5.74, 6) is 1.70. The number of benzene rings is 1. The summed E-state index contributed by atoms with van der Waals surface area (Å²) in [6.45, 7) is 3.84. The molecule has 10 heteroatoms. The maximum Gasteiger partial charge on any atom is 0.233 e. The number of anilines is 1. The zero-order valence-electron chi connectivity index (χ0n) is 16.3. The smallest absolute Gasteiger partial charge is 0.233 e. The fourth-order valence-corrected chi connectivity index (χ4v) is 4.60. The number of hydrogen-bond acceptors (Lipinski definition) is 6. The number of nitrogens with zero attached hydrogens (tertiary/aromatic N) is 4. The predicted molar refractivity (Wildman–Crippen MR) is 111 cm³/mol. The van der Waals surface area contributed by atoms with E-state index in [1.807, 2.05) is 16.5 Å². The third-order valence-electron chi connectivity index (χ3n) is 4.62. The largest absolute Gasteiger partial charge is 0.342 e. The molecule has 152 valence electrons. The van der Waals surface area contributed by atoms with E-state index in [0.717, 1.165) is 31.3 Å². The van der Waals surface area contributed by atoms with E-state index in [-0.39, 0.29) is 5.91 Å². The Morgan fingerprint density at radius 1 is 1.29 bits per heavy atom. The van der Waals surface area contributed by atoms with Gasteiger partial charge in [-0.05, 0) is 43.0 Å². The van der Waals surface area contributed by atoms with Crippen molar-refractivity contribution in [1.82, 2.24) is 19.7 Å². The molecule has 28 heavy (non-hydrogen) atoms. The fourth-order valence-electron chi connectivity index (χ4n) is 3.23. The van der Waals surface area contributed by atoms with Crippen molar-refractivity contribution < 1.29 is 13.2 Å². The zero-order valence-corrected chi connectivity index (χ0v) is 17.9. The van der Waals surface area contributed by atoms with Crippen LogP contribution in [0.1, 0.15) is 19.8 Å². The highest BCUT2D eigenvalue weighted by atomic mass is 32.2. The second kappa shape index (κ2) is 8.52. The van der Waals surface area contributed by atoms with Gasteiger partial charge in [0.25, 0.3) is 0 Å². The minimum atomic E-state index is -3.31. The van der Waals surface area contributed by atoms with Crippen LogP contribution in [0.3, 0.4) is 0 Å². The number of rotatable bonds is 6. The topological polar surface area (TPSA) is 97.2 Å². The molecule has 0 saturated carbocycles. The highest BCUT2D eigenvalue weighted by molar-refractivity contribution is 7.99. The SMILES string of the molecule is C[C@H]1CCCN(C(=O)CSc2nnc(-c3ccc(NS(C)(=O)=O)cc3)n2C)C1. The molecule has 1 aliphatic heterocycles. The molecule has 1 amide bonds. The lowest BCUT2D eigenvalue weighted by molar-refractivity contribution is -0.130. The molecule has 1 fully saturated rings. The summed E-state index contributed by atoms with van der Waals surface area (Å²) in [6, 6.07) is 6.93. The maximum absolute atomic E-state index is 12.4. The standard InChI is InChI=1S/C18H25N5O3S2/c1-13-5-4-10-23(11-13)16(24)12-27-18-20-19-17(22(18)2)14-6-8-15(9-7-14)21-28(3,25)26/h6-9,13,21H,4-5,10-12H2,1-3H3/t13-/m0/s1. The van der Waals surface area contributed by atoms with Crippen molar-refractivity contribution >= 4 is 33.4 Å². The van der Waals surface area contributed by atoms with Crippen LogP contribution in [0, 0.1) is 5.92 Å². The lowest BCUT2D eigenvalue weighted by Gasteiger charge is -2.30. The van der Waals surface area contributed by atoms with E-state index in [4.69, 9.17) is 0 Å². The van der Waals surface area contributed by atoms with Crippen LogP contribution in [-0.2, 0) is 21.9 Å². The number of thioether (sulfide) groups is 1. The third-order valence-corrected chi connectivity index (χ3v) is 6.23. The number of amides is 1. The van der Waals surface area contributed by atoms with Crippen molar-refractivity contribution in [3.63, 3.8) is 0 Å². The molecule has 0 aliphatic carbocycles. The predicted octanol–water partition coefficient (Wildman–Crippen LogP) is 2.20. The highest BCUT2D eigenvalue weighted by Crippen LogP contribution is 2.25. The summed E-state index contributed by atoms with van der Waals surface area (Å²) in [6.07, 6.45) is 3.36. The van der Waals surface area contributed by atoms with Gasteiger partial charge in [-0.1, -0.05) is 18.7 Å². The van der Waals surface area contributed by atoms with Crippen LogP contribution < -0.4 is 4.72 Å². The number of likely N-dealkylation sites (tertiary alicyclic amines) is 1. The van der Waals surface area contributed by atoms with Crippen LogP contribution in [0.15, 0.2) is 29.4 Å². The van der Waals surface area contributed by atoms with Crippen molar-refractivity contribution in [3.8, 4) is 11.4 Å². The first-order chi connectivity index (χ1) is 13.2. The van der Waals surface area contributed by atoms with Gasteiger partial charge in [-0.15, -0.1) is 10.2 Å². The molecule has 8 nitrogen and oxygen atoms in total. The van der Waals surface area contributed by atoms with Gasteiger partial charge in [0.2, 0.25) is 15.9 Å². The number of carbonyl (C=O) groups is 1. The number of carbonyl (C=O) groups excluding carboxylic acids is 1. The van der Waals surface area contributed by atoms with Crippen LogP contribution in [-0.4, -0.2) is 59.1 Å². The Hall–Kier alpha value is -2.07. The van der Waals surface area contributed by atoms with E-state index in [1.165, 1.54) is 18.2 Å². The average molecular weight is 424 g/mol. The molecule has 1 saturated heterocycles. The fraction of sp³-hybridized carbons (Fsp3) is 0.500. The molecule has 1 atom stereocenters. The van der Waals surface area contributed by atoms with E-state index >= 15 is 0 Å². The van der Waals surface area contributed by atoms with Crippen molar-refractivity contribution in [1.29, 1.82) is 0 Å². The molecule has 0 radical (unpaired) electrons. The number of sulfonamides is 1. The lowest BCUT2D eigenvalue weighted by Crippen LogP contribution is -2.40. The van der Waals surface area contributed by atoms with Crippen LogP contribution in [0.2, 0.25) is 0 Å². The summed E-state index contributed by atoms with van der Waals surface area (Å²) in [7, 11) is -1.45. The minimum Gasteiger partial charge on any atom is -0.342 e. The summed E-state index contributed by atoms with van der Waals surface area (Å²) in [4.78, 5) is 14.4. The van der Waals surface area contributed by atoms with Gasteiger partial charge in [-0.2, -0.15) is 0 Å². The molecule has 1 aliphatic rings. The van der Waals surface area contributed by atoms with E-state index in [1.54, 1.807) is 24.3 Å². The van der Waals surface area contributed by atoms with Crippen molar-refractivity contribution in [3.05, 3.63) is 24.3 Å². The Morgan fingerprint density at radius 3 is 2.64 bits per heavy atom. The van der Waals surface area contributed by atoms with E-state index < -0.39 is 10.0 Å². The van der Waals surface area contributed by atoms with Gasteiger partial charge in [0.1, 0.15) is 0 Å². The number of aromatic nitrogens is 3. The summed E-state index contributed by atoms with van der Waals surface area (Å²) >= 11 is 1.38. The molecule has 3 rings (SSSR count). The minimum absolute atomic E-state index is 0.136. The first kappa shape index (κ1) is 20.7. The van der Waals surface area contributed by atoms with Crippen LogP contribution in [0.5, 0.6) is 0 Å². The second-order valence-electron chi connectivity index (χ2n) is 7.19. The quantitative estimate of drug-likeness (QED) is 0.716. The van der Waals surface area contributed by atoms with Crippen LogP contribution in [0.25, 0.3) is 11.4 Å². The Bertz CT molecular complexity index is 941. The van der Waals surface area contributed by atoms with Crippen LogP contribution in [0.4, 0.5) is 5.69 Å². The molecule has 1 aromatic carbocycles. The van der Waals surface area contributed by atoms with Gasteiger partial charge in [-0.25, -0.2) is 8.42 Å². The van der Waals surface area contributed by atoms with Crippen molar-refractivity contribution in [2.24, 2.45) is 13.0 Å². The summed E-state index contributed by atoms with van der Waals surface area (Å²) in [5.41, 5.74) is 1.31. The highest BCUT2D eigenvalue weighted by Gasteiger charge is 2.22. The van der Waals surface area contributed by atoms with Gasteiger partial charge >= 0.3 is 0 Å². The first-order valence-electron chi connectivity index (χ1n) is 9.11. The zero-order chi connectivity index (χ0) is 20.3. The monoisotopic (exact) mass is 423 g/mol. The second-order valence-corrected chi connectivity index (χ2v) is 9.88. The van der Waals surface area contributed by atoms with Gasteiger partial charge < -0.3 is 9.47 Å². The van der Waals surface area contributed by atoms with E-state index in [9.17, 15) is 13.2 Å². The Kier molecular flexibility index (Phi) is 6.29. The third kappa shape index (κ3) is 5.26. The normalized spacial score (nSPS) is 17.5. The lowest BCUT2D eigenvalue weighted by atomic mass is 10.0. The van der Waals surface area contributed by atoms with Crippen molar-refractivity contribution in [2.45, 2.75) is 24.9 Å². The van der Waals surface area contributed by atoms with Crippen molar-refractivity contribution in [2.75, 3.05) is 29.8 Å². The molecule has 0 spiro atoms. The summed E-state index contributed by atoms with van der Waals surface area (Å²) < 4.78 is 26.9. The molecule has 1 aromatic heterocycles. The van der Waals surface area contributed by atoms with E-state index in [2.05, 4.69) is 21.8 Å². The average Bonchev–Trinajstić information content (AvgIpc) is 2.99. The molecule has 1 N–H and O–H groups in total. The van der Waals surface area contributed by atoms with Gasteiger partial charge in [0.05, 0.1) is 12.0 Å². The molecule has 0 bridgehead atoms. The number of nitrogens with one attached hydrogen (secondary N) is 1. The number of piperidine rings is 1. The first-order valence-corrected chi connectivity index (χ1v) is 12.0. The molecule has 2 heterocycles. The van der Waals surface area contributed by atoms with Gasteiger partial charge in [0, 0.05) is 31.4 Å². The van der Waals surface area contributed by atoms with Gasteiger partial charge in [0.15, 0.2) is 11.0 Å². The molecule has 2 aromatic rings. The van der Waals surface area contributed by atoms with E-state index in [0.29, 0.717) is 28.3 Å². The number of hydrogen-bond donors (Lipinski definition) is 1. The Morgan fingerprint density at radius 2 is 2.00 bits per heavy atom.